The Labute approximate surface area is 114 Å². The van der Waals surface area contributed by atoms with Gasteiger partial charge in [-0.15, -0.1) is 0 Å². The number of nitrogens with one attached hydrogen (secondary N) is 1. The molecule has 1 heterocycles. The first-order valence-electron chi connectivity index (χ1n) is 6.69. The molecule has 2 aromatic rings. The first-order chi connectivity index (χ1) is 9.22. The first-order valence-corrected chi connectivity index (χ1v) is 6.69. The lowest BCUT2D eigenvalue weighted by Crippen LogP contribution is -2.19. The van der Waals surface area contributed by atoms with Crippen LogP contribution in [0.25, 0.3) is 0 Å². The minimum atomic E-state index is 0.299. The highest BCUT2D eigenvalue weighted by atomic mass is 14.9. The third-order valence-corrected chi connectivity index (χ3v) is 3.42. The van der Waals surface area contributed by atoms with Gasteiger partial charge in [0.15, 0.2) is 0 Å². The number of nitrogens with zero attached hydrogens (tertiary/aromatic N) is 1. The van der Waals surface area contributed by atoms with Crippen molar-refractivity contribution < 1.29 is 0 Å². The molecule has 3 heteroatoms. The summed E-state index contributed by atoms with van der Waals surface area (Å²) in [4.78, 5) is 4.03. The first kappa shape index (κ1) is 13.6. The second-order valence-electron chi connectivity index (χ2n) is 4.73. The molecule has 0 amide bonds. The Kier molecular flexibility index (Phi) is 4.53. The number of pyridine rings is 1. The summed E-state index contributed by atoms with van der Waals surface area (Å²) in [7, 11) is 1.99. The van der Waals surface area contributed by atoms with Gasteiger partial charge in [0.1, 0.15) is 5.82 Å². The van der Waals surface area contributed by atoms with Crippen molar-refractivity contribution in [3.8, 4) is 0 Å². The highest BCUT2D eigenvalue weighted by molar-refractivity contribution is 5.33. The van der Waals surface area contributed by atoms with Gasteiger partial charge in [0.05, 0.1) is 0 Å². The van der Waals surface area contributed by atoms with Crippen LogP contribution in [0.2, 0.25) is 0 Å². The summed E-state index contributed by atoms with van der Waals surface area (Å²) in [5.41, 5.74) is 9.59. The molecule has 0 fully saturated rings. The average Bonchev–Trinajstić information content (AvgIpc) is 2.45. The van der Waals surface area contributed by atoms with Gasteiger partial charge in [0.2, 0.25) is 0 Å². The van der Waals surface area contributed by atoms with E-state index in [0.29, 0.717) is 11.9 Å². The zero-order valence-corrected chi connectivity index (χ0v) is 11.6. The predicted molar refractivity (Wildman–Crippen MR) is 80.0 cm³/mol. The van der Waals surface area contributed by atoms with E-state index < -0.39 is 0 Å². The number of aromatic nitrogens is 1. The Morgan fingerprint density at radius 3 is 2.47 bits per heavy atom. The molecular weight excluding hydrogens is 234 g/mol. The standard InChI is InChI=1S/C16H21N3/c1-3-12-4-6-14(7-5-12)15(18-2)10-13-8-9-19-16(17)11-13/h4-9,11,15,18H,3,10H2,1-2H3,(H2,17,19). The van der Waals surface area contributed by atoms with Crippen LogP contribution in [0.5, 0.6) is 0 Å². The van der Waals surface area contributed by atoms with E-state index in [4.69, 9.17) is 5.73 Å². The average molecular weight is 255 g/mol. The summed E-state index contributed by atoms with van der Waals surface area (Å²) in [6, 6.07) is 13.0. The van der Waals surface area contributed by atoms with Crippen molar-refractivity contribution in [1.29, 1.82) is 0 Å². The van der Waals surface area contributed by atoms with E-state index in [1.165, 1.54) is 16.7 Å². The molecule has 1 aromatic heterocycles. The fraction of sp³-hybridized carbons (Fsp3) is 0.312. The number of nitrogens with two attached hydrogens (primary N) is 1. The molecule has 2 rings (SSSR count). The SMILES string of the molecule is CCc1ccc(C(Cc2ccnc(N)c2)NC)cc1. The smallest absolute Gasteiger partial charge is 0.123 e. The number of rotatable bonds is 5. The second kappa shape index (κ2) is 6.34. The molecule has 3 nitrogen and oxygen atoms in total. The number of hydrogen-bond acceptors (Lipinski definition) is 3. The molecule has 1 atom stereocenters. The van der Waals surface area contributed by atoms with Crippen LogP contribution in [-0.2, 0) is 12.8 Å². The maximum Gasteiger partial charge on any atom is 0.123 e. The molecule has 0 saturated carbocycles. The van der Waals surface area contributed by atoms with Crippen molar-refractivity contribution in [2.75, 3.05) is 12.8 Å². The molecule has 3 N–H and O–H groups in total. The van der Waals surface area contributed by atoms with Crippen LogP contribution in [0.15, 0.2) is 42.6 Å². The molecule has 19 heavy (non-hydrogen) atoms. The van der Waals surface area contributed by atoms with Gasteiger partial charge in [-0.1, -0.05) is 31.2 Å². The van der Waals surface area contributed by atoms with Gasteiger partial charge in [-0.3, -0.25) is 0 Å². The molecule has 0 bridgehead atoms. The predicted octanol–water partition coefficient (Wildman–Crippen LogP) is 2.73. The highest BCUT2D eigenvalue weighted by Gasteiger charge is 2.10. The Bertz CT molecular complexity index is 520. The summed E-state index contributed by atoms with van der Waals surface area (Å²) in [5.74, 6) is 0.577. The van der Waals surface area contributed by atoms with E-state index in [2.05, 4.69) is 41.5 Å². The number of nitrogen functional groups attached to an aromatic ring is 1. The van der Waals surface area contributed by atoms with Gasteiger partial charge < -0.3 is 11.1 Å². The van der Waals surface area contributed by atoms with E-state index in [9.17, 15) is 0 Å². The van der Waals surface area contributed by atoms with Crippen LogP contribution in [0.1, 0.15) is 29.7 Å². The largest absolute Gasteiger partial charge is 0.384 e. The van der Waals surface area contributed by atoms with E-state index in [1.807, 2.05) is 19.2 Å². The van der Waals surface area contributed by atoms with Crippen molar-refractivity contribution in [3.63, 3.8) is 0 Å². The fourth-order valence-corrected chi connectivity index (χ4v) is 2.23. The zero-order chi connectivity index (χ0) is 13.7. The third-order valence-electron chi connectivity index (χ3n) is 3.42. The topological polar surface area (TPSA) is 50.9 Å². The molecule has 0 spiro atoms. The summed E-state index contributed by atoms with van der Waals surface area (Å²) < 4.78 is 0. The van der Waals surface area contributed by atoms with E-state index in [0.717, 1.165) is 12.8 Å². The van der Waals surface area contributed by atoms with Gasteiger partial charge in [-0.2, -0.15) is 0 Å². The van der Waals surface area contributed by atoms with Crippen LogP contribution in [-0.4, -0.2) is 12.0 Å². The summed E-state index contributed by atoms with van der Waals surface area (Å²) in [5, 5.41) is 3.36. The van der Waals surface area contributed by atoms with Crippen molar-refractivity contribution in [2.45, 2.75) is 25.8 Å². The van der Waals surface area contributed by atoms with Crippen LogP contribution in [0.4, 0.5) is 5.82 Å². The Morgan fingerprint density at radius 2 is 1.89 bits per heavy atom. The maximum atomic E-state index is 5.72. The number of benzene rings is 1. The molecule has 0 saturated heterocycles. The lowest BCUT2D eigenvalue weighted by atomic mass is 9.98. The minimum absolute atomic E-state index is 0.299. The highest BCUT2D eigenvalue weighted by Crippen LogP contribution is 2.19. The maximum absolute atomic E-state index is 5.72. The Morgan fingerprint density at radius 1 is 1.16 bits per heavy atom. The molecule has 0 aliphatic heterocycles. The monoisotopic (exact) mass is 255 g/mol. The summed E-state index contributed by atoms with van der Waals surface area (Å²) >= 11 is 0. The molecule has 0 aliphatic rings. The van der Waals surface area contributed by atoms with E-state index >= 15 is 0 Å². The van der Waals surface area contributed by atoms with Crippen molar-refractivity contribution in [3.05, 3.63) is 59.3 Å². The van der Waals surface area contributed by atoms with Gasteiger partial charge in [-0.25, -0.2) is 4.98 Å². The van der Waals surface area contributed by atoms with Crippen LogP contribution in [0, 0.1) is 0 Å². The summed E-state index contributed by atoms with van der Waals surface area (Å²) in [6.45, 7) is 2.17. The molecule has 1 unspecified atom stereocenters. The molecule has 1 aromatic carbocycles. The zero-order valence-electron chi connectivity index (χ0n) is 11.6. The Hall–Kier alpha value is -1.87. The summed E-state index contributed by atoms with van der Waals surface area (Å²) in [6.07, 6.45) is 3.75. The van der Waals surface area contributed by atoms with Gasteiger partial charge in [0, 0.05) is 12.2 Å². The lowest BCUT2D eigenvalue weighted by Gasteiger charge is -2.17. The van der Waals surface area contributed by atoms with Gasteiger partial charge >= 0.3 is 0 Å². The van der Waals surface area contributed by atoms with Gasteiger partial charge in [-0.05, 0) is 48.7 Å². The minimum Gasteiger partial charge on any atom is -0.384 e. The number of anilines is 1. The van der Waals surface area contributed by atoms with Crippen molar-refractivity contribution in [1.82, 2.24) is 10.3 Å². The van der Waals surface area contributed by atoms with Gasteiger partial charge in [0.25, 0.3) is 0 Å². The number of aryl methyl sites for hydroxylation is 1. The normalized spacial score (nSPS) is 12.3. The van der Waals surface area contributed by atoms with Crippen LogP contribution < -0.4 is 11.1 Å². The van der Waals surface area contributed by atoms with E-state index in [-0.39, 0.29) is 0 Å². The fourth-order valence-electron chi connectivity index (χ4n) is 2.23. The van der Waals surface area contributed by atoms with Crippen LogP contribution in [0.3, 0.4) is 0 Å². The molecule has 0 radical (unpaired) electrons. The molecule has 100 valence electrons. The lowest BCUT2D eigenvalue weighted by molar-refractivity contribution is 0.591. The number of hydrogen-bond donors (Lipinski definition) is 2. The van der Waals surface area contributed by atoms with E-state index in [1.54, 1.807) is 6.20 Å². The molecule has 0 aliphatic carbocycles. The van der Waals surface area contributed by atoms with Crippen molar-refractivity contribution in [2.24, 2.45) is 0 Å². The quantitative estimate of drug-likeness (QED) is 0.863. The third kappa shape index (κ3) is 3.55. The second-order valence-corrected chi connectivity index (χ2v) is 4.73. The number of likely N-dealkylation sites (N-methyl/N-ethyl adjacent to an activating group) is 1. The van der Waals surface area contributed by atoms with Crippen LogP contribution >= 0.6 is 0 Å². The van der Waals surface area contributed by atoms with Crippen molar-refractivity contribution >= 4 is 5.82 Å². The molecular formula is C16H21N3. The Balaban J connectivity index is 2.15.